The van der Waals surface area contributed by atoms with Gasteiger partial charge >= 0.3 is 0 Å². The first-order valence-electron chi connectivity index (χ1n) is 6.16. The highest BCUT2D eigenvalue weighted by Gasteiger charge is 2.07. The van der Waals surface area contributed by atoms with Gasteiger partial charge in [0.2, 0.25) is 0 Å². The van der Waals surface area contributed by atoms with Crippen LogP contribution in [0.25, 0.3) is 0 Å². The van der Waals surface area contributed by atoms with E-state index in [0.29, 0.717) is 32.6 Å². The second-order valence-corrected chi connectivity index (χ2v) is 3.80. The number of rotatable bonds is 10. The van der Waals surface area contributed by atoms with Gasteiger partial charge in [-0.15, -0.1) is 0 Å². The lowest BCUT2D eigenvalue weighted by Crippen LogP contribution is -2.25. The van der Waals surface area contributed by atoms with Gasteiger partial charge in [0.25, 0.3) is 0 Å². The predicted molar refractivity (Wildman–Crippen MR) is 67.3 cm³/mol. The number of hydrogen-bond donors (Lipinski definition) is 2. The molecule has 5 nitrogen and oxygen atoms in total. The van der Waals surface area contributed by atoms with Crippen molar-refractivity contribution in [1.29, 1.82) is 0 Å². The zero-order valence-corrected chi connectivity index (χ0v) is 10.5. The second kappa shape index (κ2) is 9.99. The van der Waals surface area contributed by atoms with Gasteiger partial charge in [0.1, 0.15) is 0 Å². The van der Waals surface area contributed by atoms with Crippen LogP contribution in [0.2, 0.25) is 0 Å². The molecule has 0 aliphatic heterocycles. The normalized spacial score (nSPS) is 11.1. The van der Waals surface area contributed by atoms with E-state index < -0.39 is 0 Å². The average Bonchev–Trinajstić information content (AvgIpc) is 2.40. The van der Waals surface area contributed by atoms with Crippen molar-refractivity contribution in [3.63, 3.8) is 0 Å². The van der Waals surface area contributed by atoms with Crippen molar-refractivity contribution in [3.05, 3.63) is 35.9 Å². The SMILES string of the molecule is OCCCON(Cc1ccccc1)OCCCO. The molecule has 0 radical (unpaired) electrons. The van der Waals surface area contributed by atoms with Gasteiger partial charge in [0, 0.05) is 13.2 Å². The highest BCUT2D eigenvalue weighted by Crippen LogP contribution is 2.06. The van der Waals surface area contributed by atoms with Gasteiger partial charge in [-0.05, 0) is 18.4 Å². The van der Waals surface area contributed by atoms with Crippen LogP contribution in [-0.2, 0) is 16.2 Å². The zero-order valence-electron chi connectivity index (χ0n) is 10.5. The minimum atomic E-state index is 0.0931. The highest BCUT2D eigenvalue weighted by atomic mass is 16.9. The van der Waals surface area contributed by atoms with Crippen molar-refractivity contribution < 1.29 is 19.9 Å². The van der Waals surface area contributed by atoms with Gasteiger partial charge in [-0.1, -0.05) is 35.6 Å². The van der Waals surface area contributed by atoms with Crippen molar-refractivity contribution in [1.82, 2.24) is 5.23 Å². The summed E-state index contributed by atoms with van der Waals surface area (Å²) in [5.41, 5.74) is 1.07. The summed E-state index contributed by atoms with van der Waals surface area (Å²) in [5.74, 6) is 0. The Kier molecular flexibility index (Phi) is 8.37. The van der Waals surface area contributed by atoms with Crippen LogP contribution < -0.4 is 0 Å². The molecule has 18 heavy (non-hydrogen) atoms. The van der Waals surface area contributed by atoms with Crippen LogP contribution in [0.4, 0.5) is 0 Å². The number of nitrogens with zero attached hydrogens (tertiary/aromatic N) is 1. The Labute approximate surface area is 107 Å². The topological polar surface area (TPSA) is 62.2 Å². The van der Waals surface area contributed by atoms with Crippen molar-refractivity contribution in [2.75, 3.05) is 26.4 Å². The van der Waals surface area contributed by atoms with Crippen LogP contribution in [0.15, 0.2) is 30.3 Å². The first-order chi connectivity index (χ1) is 8.86. The molecule has 0 unspecified atom stereocenters. The third-order valence-electron chi connectivity index (χ3n) is 2.23. The maximum atomic E-state index is 8.71. The molecule has 0 saturated heterocycles. The van der Waals surface area contributed by atoms with E-state index in [0.717, 1.165) is 5.56 Å². The molecular formula is C13H21NO4. The summed E-state index contributed by atoms with van der Waals surface area (Å²) in [7, 11) is 0. The molecule has 1 aromatic rings. The highest BCUT2D eigenvalue weighted by molar-refractivity contribution is 5.13. The summed E-state index contributed by atoms with van der Waals surface area (Å²) in [6, 6.07) is 9.83. The first kappa shape index (κ1) is 15.1. The van der Waals surface area contributed by atoms with E-state index in [4.69, 9.17) is 19.9 Å². The number of hydrogen-bond acceptors (Lipinski definition) is 5. The molecule has 0 amide bonds. The fraction of sp³-hybridized carbons (Fsp3) is 0.538. The van der Waals surface area contributed by atoms with Crippen LogP contribution in [0.3, 0.4) is 0 Å². The average molecular weight is 255 g/mol. The van der Waals surface area contributed by atoms with Crippen LogP contribution >= 0.6 is 0 Å². The zero-order chi connectivity index (χ0) is 13.1. The number of hydroxylamine groups is 2. The summed E-state index contributed by atoms with van der Waals surface area (Å²) >= 11 is 0. The molecular weight excluding hydrogens is 234 g/mol. The van der Waals surface area contributed by atoms with Crippen LogP contribution in [0, 0.1) is 0 Å². The molecule has 0 aliphatic rings. The Morgan fingerprint density at radius 2 is 1.44 bits per heavy atom. The summed E-state index contributed by atoms with van der Waals surface area (Å²) in [4.78, 5) is 10.8. The maximum Gasteiger partial charge on any atom is 0.0767 e. The molecule has 0 saturated carbocycles. The molecule has 0 bridgehead atoms. The standard InChI is InChI=1S/C13H21NO4/c15-8-4-10-17-14(18-11-5-9-16)12-13-6-2-1-3-7-13/h1-3,6-7,15-16H,4-5,8-12H2. The lowest BCUT2D eigenvalue weighted by atomic mass is 10.2. The van der Waals surface area contributed by atoms with Gasteiger partial charge in [-0.2, -0.15) is 0 Å². The fourth-order valence-electron chi connectivity index (χ4n) is 1.32. The predicted octanol–water partition coefficient (Wildman–Crippen LogP) is 1.12. The van der Waals surface area contributed by atoms with Crippen LogP contribution in [0.5, 0.6) is 0 Å². The van der Waals surface area contributed by atoms with Crippen molar-refractivity contribution in [3.8, 4) is 0 Å². The summed E-state index contributed by atoms with van der Waals surface area (Å²) < 4.78 is 0. The summed E-state index contributed by atoms with van der Waals surface area (Å²) in [6.07, 6.45) is 1.13. The lowest BCUT2D eigenvalue weighted by Gasteiger charge is -2.20. The van der Waals surface area contributed by atoms with Gasteiger partial charge < -0.3 is 10.2 Å². The number of aliphatic hydroxyl groups is 2. The largest absolute Gasteiger partial charge is 0.396 e. The van der Waals surface area contributed by atoms with Gasteiger partial charge in [-0.25, -0.2) is 0 Å². The molecule has 5 heteroatoms. The van der Waals surface area contributed by atoms with E-state index in [1.165, 1.54) is 5.23 Å². The Hall–Kier alpha value is -0.980. The molecule has 102 valence electrons. The van der Waals surface area contributed by atoms with Crippen molar-refractivity contribution >= 4 is 0 Å². The first-order valence-corrected chi connectivity index (χ1v) is 6.16. The third kappa shape index (κ3) is 6.68. The van der Waals surface area contributed by atoms with Crippen molar-refractivity contribution in [2.45, 2.75) is 19.4 Å². The number of benzene rings is 1. The monoisotopic (exact) mass is 255 g/mol. The van der Waals surface area contributed by atoms with Crippen LogP contribution in [-0.4, -0.2) is 41.9 Å². The molecule has 0 aliphatic carbocycles. The number of aliphatic hydroxyl groups excluding tert-OH is 2. The second-order valence-electron chi connectivity index (χ2n) is 3.80. The van der Waals surface area contributed by atoms with E-state index in [1.807, 2.05) is 30.3 Å². The summed E-state index contributed by atoms with van der Waals surface area (Å²) in [6.45, 7) is 1.51. The van der Waals surface area contributed by atoms with E-state index in [-0.39, 0.29) is 13.2 Å². The molecule has 0 heterocycles. The van der Waals surface area contributed by atoms with E-state index in [2.05, 4.69) is 0 Å². The Bertz CT molecular complexity index is 284. The quantitative estimate of drug-likeness (QED) is 0.484. The summed E-state index contributed by atoms with van der Waals surface area (Å²) in [5, 5.41) is 18.8. The minimum absolute atomic E-state index is 0.0931. The Morgan fingerprint density at radius 3 is 1.94 bits per heavy atom. The van der Waals surface area contributed by atoms with Gasteiger partial charge in [0.15, 0.2) is 0 Å². The Balaban J connectivity index is 2.37. The van der Waals surface area contributed by atoms with E-state index in [9.17, 15) is 0 Å². The molecule has 0 aromatic heterocycles. The fourth-order valence-corrected chi connectivity index (χ4v) is 1.32. The van der Waals surface area contributed by atoms with E-state index >= 15 is 0 Å². The molecule has 2 N–H and O–H groups in total. The maximum absolute atomic E-state index is 8.71. The van der Waals surface area contributed by atoms with Gasteiger partial charge in [-0.3, -0.25) is 9.68 Å². The van der Waals surface area contributed by atoms with E-state index in [1.54, 1.807) is 0 Å². The molecule has 1 rings (SSSR count). The smallest absolute Gasteiger partial charge is 0.0767 e. The molecule has 1 aromatic carbocycles. The lowest BCUT2D eigenvalue weighted by molar-refractivity contribution is -0.376. The van der Waals surface area contributed by atoms with Gasteiger partial charge in [0.05, 0.1) is 19.8 Å². The molecule has 0 atom stereocenters. The third-order valence-corrected chi connectivity index (χ3v) is 2.23. The molecule has 0 fully saturated rings. The van der Waals surface area contributed by atoms with Crippen LogP contribution in [0.1, 0.15) is 18.4 Å². The minimum Gasteiger partial charge on any atom is -0.396 e. The molecule has 0 spiro atoms. The van der Waals surface area contributed by atoms with Crippen molar-refractivity contribution in [2.24, 2.45) is 0 Å². The Morgan fingerprint density at radius 1 is 0.889 bits per heavy atom.